The van der Waals surface area contributed by atoms with Crippen molar-refractivity contribution in [2.45, 2.75) is 13.5 Å². The quantitative estimate of drug-likeness (QED) is 0.820. The predicted octanol–water partition coefficient (Wildman–Crippen LogP) is 3.00. The van der Waals surface area contributed by atoms with E-state index in [9.17, 15) is 9.50 Å². The molecule has 0 saturated carbocycles. The molecule has 3 nitrogen and oxygen atoms in total. The Labute approximate surface area is 105 Å². The second-order valence-corrected chi connectivity index (χ2v) is 4.06. The van der Waals surface area contributed by atoms with Gasteiger partial charge in [0.05, 0.1) is 0 Å². The largest absolute Gasteiger partial charge is 0.505 e. The topological polar surface area (TPSA) is 55.5 Å². The molecule has 0 fully saturated rings. The van der Waals surface area contributed by atoms with Crippen LogP contribution in [0.15, 0.2) is 36.4 Å². The first-order chi connectivity index (χ1) is 8.58. The second-order valence-electron chi connectivity index (χ2n) is 4.06. The molecule has 0 heterocycles. The molecule has 4 heteroatoms. The van der Waals surface area contributed by atoms with Crippen LogP contribution in [0.1, 0.15) is 11.1 Å². The van der Waals surface area contributed by atoms with Gasteiger partial charge in [-0.15, -0.1) is 0 Å². The van der Waals surface area contributed by atoms with E-state index in [2.05, 4.69) is 0 Å². The first-order valence-corrected chi connectivity index (χ1v) is 5.53. The molecule has 0 saturated heterocycles. The van der Waals surface area contributed by atoms with Gasteiger partial charge in [-0.3, -0.25) is 0 Å². The Kier molecular flexibility index (Phi) is 3.37. The lowest BCUT2D eigenvalue weighted by Gasteiger charge is -2.11. The summed E-state index contributed by atoms with van der Waals surface area (Å²) in [6.07, 6.45) is 0. The van der Waals surface area contributed by atoms with Crippen LogP contribution >= 0.6 is 0 Å². The summed E-state index contributed by atoms with van der Waals surface area (Å²) in [6.45, 7) is 2.00. The molecule has 18 heavy (non-hydrogen) atoms. The van der Waals surface area contributed by atoms with Crippen molar-refractivity contribution in [2.24, 2.45) is 0 Å². The van der Waals surface area contributed by atoms with Gasteiger partial charge in [-0.1, -0.05) is 18.2 Å². The van der Waals surface area contributed by atoms with Crippen molar-refractivity contribution < 1.29 is 14.2 Å². The number of halogens is 1. The molecule has 0 aliphatic rings. The van der Waals surface area contributed by atoms with Gasteiger partial charge in [-0.05, 0) is 24.6 Å². The first kappa shape index (κ1) is 12.2. The highest BCUT2D eigenvalue weighted by atomic mass is 19.1. The summed E-state index contributed by atoms with van der Waals surface area (Å²) in [7, 11) is 0. The molecule has 0 amide bonds. The van der Waals surface area contributed by atoms with Crippen molar-refractivity contribution in [3.8, 4) is 11.5 Å². The van der Waals surface area contributed by atoms with Gasteiger partial charge in [-0.25, -0.2) is 4.39 Å². The van der Waals surface area contributed by atoms with Gasteiger partial charge in [0, 0.05) is 17.3 Å². The minimum atomic E-state index is -0.698. The molecule has 3 N–H and O–H groups in total. The number of aromatic hydroxyl groups is 1. The highest BCUT2D eigenvalue weighted by Crippen LogP contribution is 2.27. The second kappa shape index (κ2) is 4.96. The summed E-state index contributed by atoms with van der Waals surface area (Å²) < 4.78 is 18.7. The van der Waals surface area contributed by atoms with Crippen LogP contribution in [-0.2, 0) is 6.61 Å². The zero-order chi connectivity index (χ0) is 13.1. The third-order valence-corrected chi connectivity index (χ3v) is 2.68. The third kappa shape index (κ3) is 2.53. The lowest BCUT2D eigenvalue weighted by Crippen LogP contribution is -2.01. The van der Waals surface area contributed by atoms with Gasteiger partial charge >= 0.3 is 0 Å². The third-order valence-electron chi connectivity index (χ3n) is 2.68. The summed E-state index contributed by atoms with van der Waals surface area (Å²) in [5, 5.41) is 9.20. The van der Waals surface area contributed by atoms with E-state index in [0.29, 0.717) is 17.0 Å². The number of hydrogen-bond donors (Lipinski definition) is 2. The summed E-state index contributed by atoms with van der Waals surface area (Å²) in [4.78, 5) is 0. The van der Waals surface area contributed by atoms with Crippen LogP contribution in [0.25, 0.3) is 0 Å². The van der Waals surface area contributed by atoms with Crippen LogP contribution in [0, 0.1) is 12.7 Å². The number of nitrogens with two attached hydrogens (primary N) is 1. The smallest absolute Gasteiger partial charge is 0.168 e. The van der Waals surface area contributed by atoms with Crippen molar-refractivity contribution in [3.63, 3.8) is 0 Å². The number of phenols is 1. The van der Waals surface area contributed by atoms with Gasteiger partial charge in [0.15, 0.2) is 11.6 Å². The van der Waals surface area contributed by atoms with E-state index in [1.165, 1.54) is 12.1 Å². The Hall–Kier alpha value is -2.23. The molecule has 2 aromatic carbocycles. The molecule has 0 atom stereocenters. The fraction of sp³-hybridized carbons (Fsp3) is 0.143. The zero-order valence-electron chi connectivity index (χ0n) is 9.98. The van der Waals surface area contributed by atoms with E-state index in [0.717, 1.165) is 5.56 Å². The van der Waals surface area contributed by atoms with Crippen LogP contribution in [-0.4, -0.2) is 5.11 Å². The molecule has 0 aliphatic carbocycles. The Morgan fingerprint density at radius 1 is 1.28 bits per heavy atom. The Bertz CT molecular complexity index is 570. The minimum absolute atomic E-state index is 0.262. The van der Waals surface area contributed by atoms with Gasteiger partial charge < -0.3 is 15.6 Å². The SMILES string of the molecule is Cc1cc(O)c(F)cc1OCc1ccccc1N. The van der Waals surface area contributed by atoms with Crippen molar-refractivity contribution in [2.75, 3.05) is 5.73 Å². The number of ether oxygens (including phenoxy) is 1. The van der Waals surface area contributed by atoms with Crippen LogP contribution < -0.4 is 10.5 Å². The van der Waals surface area contributed by atoms with E-state index in [-0.39, 0.29) is 12.4 Å². The van der Waals surface area contributed by atoms with Crippen molar-refractivity contribution >= 4 is 5.69 Å². The molecule has 0 radical (unpaired) electrons. The van der Waals surface area contributed by atoms with Crippen molar-refractivity contribution in [1.29, 1.82) is 0 Å². The molecular formula is C14H14FNO2. The number of aryl methyl sites for hydroxylation is 1. The molecule has 0 aromatic heterocycles. The first-order valence-electron chi connectivity index (χ1n) is 5.53. The number of rotatable bonds is 3. The molecular weight excluding hydrogens is 233 g/mol. The number of hydrogen-bond acceptors (Lipinski definition) is 3. The average Bonchev–Trinajstić information content (AvgIpc) is 2.34. The molecule has 0 spiro atoms. The maximum absolute atomic E-state index is 13.2. The van der Waals surface area contributed by atoms with Crippen LogP contribution in [0.2, 0.25) is 0 Å². The van der Waals surface area contributed by atoms with Crippen molar-refractivity contribution in [1.82, 2.24) is 0 Å². The number of para-hydroxylation sites is 1. The zero-order valence-corrected chi connectivity index (χ0v) is 9.98. The monoisotopic (exact) mass is 247 g/mol. The average molecular weight is 247 g/mol. The number of anilines is 1. The molecule has 0 bridgehead atoms. The molecule has 0 unspecified atom stereocenters. The number of benzene rings is 2. The fourth-order valence-corrected chi connectivity index (χ4v) is 1.62. The summed E-state index contributed by atoms with van der Waals surface area (Å²) in [6, 6.07) is 9.83. The molecule has 0 aliphatic heterocycles. The summed E-state index contributed by atoms with van der Waals surface area (Å²) in [5.74, 6) is -0.677. The Morgan fingerprint density at radius 3 is 2.72 bits per heavy atom. The Balaban J connectivity index is 2.16. The lowest BCUT2D eigenvalue weighted by atomic mass is 10.2. The summed E-state index contributed by atoms with van der Waals surface area (Å²) >= 11 is 0. The highest BCUT2D eigenvalue weighted by molar-refractivity contribution is 5.46. The highest BCUT2D eigenvalue weighted by Gasteiger charge is 2.08. The van der Waals surface area contributed by atoms with Gasteiger partial charge in [0.1, 0.15) is 12.4 Å². The van der Waals surface area contributed by atoms with E-state index in [1.54, 1.807) is 13.0 Å². The minimum Gasteiger partial charge on any atom is -0.505 e. The standard InChI is InChI=1S/C14H14FNO2/c1-9-6-13(17)11(15)7-14(9)18-8-10-4-2-3-5-12(10)16/h2-7,17H,8,16H2,1H3. The van der Waals surface area contributed by atoms with Crippen molar-refractivity contribution in [3.05, 3.63) is 53.3 Å². The molecule has 2 aromatic rings. The van der Waals surface area contributed by atoms with Gasteiger partial charge in [0.25, 0.3) is 0 Å². The lowest BCUT2D eigenvalue weighted by molar-refractivity contribution is 0.301. The van der Waals surface area contributed by atoms with Gasteiger partial charge in [0.2, 0.25) is 0 Å². The van der Waals surface area contributed by atoms with E-state index in [1.807, 2.05) is 18.2 Å². The number of phenolic OH excluding ortho intramolecular Hbond substituents is 1. The molecule has 94 valence electrons. The Morgan fingerprint density at radius 2 is 2.00 bits per heavy atom. The van der Waals surface area contributed by atoms with Gasteiger partial charge in [-0.2, -0.15) is 0 Å². The normalized spacial score (nSPS) is 10.3. The maximum Gasteiger partial charge on any atom is 0.168 e. The summed E-state index contributed by atoms with van der Waals surface area (Å²) in [5.41, 5.74) is 7.92. The van der Waals surface area contributed by atoms with E-state index < -0.39 is 5.82 Å². The fourth-order valence-electron chi connectivity index (χ4n) is 1.62. The number of nitrogen functional groups attached to an aromatic ring is 1. The van der Waals surface area contributed by atoms with E-state index >= 15 is 0 Å². The maximum atomic E-state index is 13.2. The van der Waals surface area contributed by atoms with E-state index in [4.69, 9.17) is 10.5 Å². The molecule has 2 rings (SSSR count). The van der Waals surface area contributed by atoms with Crippen LogP contribution in [0.4, 0.5) is 10.1 Å². The van der Waals surface area contributed by atoms with Crippen LogP contribution in [0.5, 0.6) is 11.5 Å². The van der Waals surface area contributed by atoms with Crippen LogP contribution in [0.3, 0.4) is 0 Å². The predicted molar refractivity (Wildman–Crippen MR) is 68.0 cm³/mol.